The monoisotopic (exact) mass is 271 g/mol. The molecule has 1 aromatic rings. The second-order valence-electron chi connectivity index (χ2n) is 3.87. The summed E-state index contributed by atoms with van der Waals surface area (Å²) in [5.74, 6) is -0.0225. The van der Waals surface area contributed by atoms with Crippen LogP contribution in [0.1, 0.15) is 10.4 Å². The van der Waals surface area contributed by atoms with Crippen LogP contribution in [0.15, 0.2) is 17.0 Å². The van der Waals surface area contributed by atoms with E-state index in [9.17, 15) is 13.2 Å². The Hall–Kier alpha value is -1.60. The Morgan fingerprint density at radius 3 is 2.61 bits per heavy atom. The molecule has 1 aromatic carbocycles. The van der Waals surface area contributed by atoms with Gasteiger partial charge in [-0.3, -0.25) is 4.79 Å². The van der Waals surface area contributed by atoms with Gasteiger partial charge in [-0.15, -0.1) is 0 Å². The normalized spacial score (nSPS) is 14.3. The molecule has 0 radical (unpaired) electrons. The Morgan fingerprint density at radius 1 is 1.33 bits per heavy atom. The quantitative estimate of drug-likeness (QED) is 0.778. The highest BCUT2D eigenvalue weighted by Gasteiger charge is 2.28. The van der Waals surface area contributed by atoms with Crippen LogP contribution < -0.4 is 15.2 Å². The van der Waals surface area contributed by atoms with E-state index in [1.807, 2.05) is 0 Å². The summed E-state index contributed by atoms with van der Waals surface area (Å²) in [5.41, 5.74) is 5.32. The van der Waals surface area contributed by atoms with Gasteiger partial charge in [0.25, 0.3) is 0 Å². The molecule has 7 heteroatoms. The molecular weight excluding hydrogens is 258 g/mol. The average Bonchev–Trinajstić information content (AvgIpc) is 2.35. The molecule has 0 aromatic heterocycles. The van der Waals surface area contributed by atoms with Crippen molar-refractivity contribution >= 4 is 15.6 Å². The zero-order chi connectivity index (χ0) is 13.3. The van der Waals surface area contributed by atoms with E-state index < -0.39 is 15.6 Å². The standard InChI is InChI=1S/C11H13NO5S/c1-18(14,15)11-7(8(13)6-12)2-3-9-10(11)17-5-4-16-9/h2-3H,4-6,12H2,1H3. The summed E-state index contributed by atoms with van der Waals surface area (Å²) in [7, 11) is -3.61. The van der Waals surface area contributed by atoms with Gasteiger partial charge >= 0.3 is 0 Å². The van der Waals surface area contributed by atoms with Crippen molar-refractivity contribution in [3.63, 3.8) is 0 Å². The molecule has 1 aliphatic rings. The smallest absolute Gasteiger partial charge is 0.180 e. The molecule has 0 fully saturated rings. The van der Waals surface area contributed by atoms with Crippen molar-refractivity contribution < 1.29 is 22.7 Å². The molecule has 0 saturated carbocycles. The Balaban J connectivity index is 2.73. The molecule has 0 bridgehead atoms. The van der Waals surface area contributed by atoms with Crippen LogP contribution in [0.5, 0.6) is 11.5 Å². The number of hydrogen-bond donors (Lipinski definition) is 1. The molecule has 1 heterocycles. The van der Waals surface area contributed by atoms with Gasteiger partial charge in [-0.25, -0.2) is 8.42 Å². The average molecular weight is 271 g/mol. The molecule has 2 rings (SSSR count). The third-order valence-electron chi connectivity index (χ3n) is 2.52. The summed E-state index contributed by atoms with van der Waals surface area (Å²) in [6, 6.07) is 2.92. The Morgan fingerprint density at radius 2 is 2.00 bits per heavy atom. The number of carbonyl (C=O) groups is 1. The summed E-state index contributed by atoms with van der Waals surface area (Å²) < 4.78 is 34.2. The van der Waals surface area contributed by atoms with Gasteiger partial charge in [-0.2, -0.15) is 0 Å². The maximum absolute atomic E-state index is 11.8. The van der Waals surface area contributed by atoms with Crippen molar-refractivity contribution in [2.24, 2.45) is 5.73 Å². The number of ether oxygens (including phenoxy) is 2. The summed E-state index contributed by atoms with van der Waals surface area (Å²) in [5, 5.41) is 0. The van der Waals surface area contributed by atoms with Gasteiger partial charge in [0.15, 0.2) is 27.1 Å². The number of nitrogens with two attached hydrogens (primary N) is 1. The maximum Gasteiger partial charge on any atom is 0.180 e. The zero-order valence-corrected chi connectivity index (χ0v) is 10.6. The van der Waals surface area contributed by atoms with E-state index in [-0.39, 0.29) is 29.4 Å². The van der Waals surface area contributed by atoms with E-state index in [1.165, 1.54) is 12.1 Å². The third-order valence-corrected chi connectivity index (χ3v) is 3.67. The number of sulfone groups is 1. The van der Waals surface area contributed by atoms with Gasteiger partial charge in [-0.05, 0) is 12.1 Å². The van der Waals surface area contributed by atoms with Crippen LogP contribution in [0.25, 0.3) is 0 Å². The molecule has 0 atom stereocenters. The number of benzene rings is 1. The predicted molar refractivity (Wildman–Crippen MR) is 63.9 cm³/mol. The van der Waals surface area contributed by atoms with Gasteiger partial charge in [0.2, 0.25) is 0 Å². The minimum absolute atomic E-state index is 0.0456. The number of carbonyl (C=O) groups excluding carboxylic acids is 1. The van der Waals surface area contributed by atoms with Gasteiger partial charge in [0.1, 0.15) is 18.1 Å². The van der Waals surface area contributed by atoms with Crippen LogP contribution >= 0.6 is 0 Å². The maximum atomic E-state index is 11.8. The lowest BCUT2D eigenvalue weighted by Gasteiger charge is -2.21. The van der Waals surface area contributed by atoms with Crippen LogP contribution in [-0.2, 0) is 9.84 Å². The molecule has 0 spiro atoms. The molecule has 2 N–H and O–H groups in total. The fraction of sp³-hybridized carbons (Fsp3) is 0.364. The van der Waals surface area contributed by atoms with Crippen LogP contribution in [-0.4, -0.2) is 40.2 Å². The number of fused-ring (bicyclic) bond motifs is 1. The highest BCUT2D eigenvalue weighted by Crippen LogP contribution is 2.38. The first-order valence-corrected chi connectivity index (χ1v) is 7.20. The van der Waals surface area contributed by atoms with Crippen molar-refractivity contribution in [1.29, 1.82) is 0 Å². The largest absolute Gasteiger partial charge is 0.486 e. The van der Waals surface area contributed by atoms with Gasteiger partial charge in [-0.1, -0.05) is 0 Å². The zero-order valence-electron chi connectivity index (χ0n) is 9.80. The van der Waals surface area contributed by atoms with E-state index in [1.54, 1.807) is 0 Å². The molecule has 1 aliphatic heterocycles. The Bertz CT molecular complexity index is 594. The van der Waals surface area contributed by atoms with E-state index in [2.05, 4.69) is 0 Å². The van der Waals surface area contributed by atoms with Crippen molar-refractivity contribution in [2.45, 2.75) is 4.90 Å². The highest BCUT2D eigenvalue weighted by molar-refractivity contribution is 7.91. The molecule has 6 nitrogen and oxygen atoms in total. The molecule has 98 valence electrons. The van der Waals surface area contributed by atoms with E-state index in [4.69, 9.17) is 15.2 Å². The number of ketones is 1. The van der Waals surface area contributed by atoms with Crippen LogP contribution in [0.2, 0.25) is 0 Å². The first-order chi connectivity index (χ1) is 8.45. The second-order valence-corrected chi connectivity index (χ2v) is 5.82. The second kappa shape index (κ2) is 4.58. The number of hydrogen-bond acceptors (Lipinski definition) is 6. The molecular formula is C11H13NO5S. The third kappa shape index (κ3) is 2.19. The highest BCUT2D eigenvalue weighted by atomic mass is 32.2. The number of rotatable bonds is 3. The molecule has 0 saturated heterocycles. The minimum Gasteiger partial charge on any atom is -0.486 e. The van der Waals surface area contributed by atoms with Gasteiger partial charge < -0.3 is 15.2 Å². The molecule has 0 unspecified atom stereocenters. The molecule has 0 amide bonds. The van der Waals surface area contributed by atoms with E-state index in [0.29, 0.717) is 12.4 Å². The minimum atomic E-state index is -3.61. The van der Waals surface area contributed by atoms with E-state index >= 15 is 0 Å². The van der Waals surface area contributed by atoms with Gasteiger partial charge in [0.05, 0.1) is 6.54 Å². The summed E-state index contributed by atoms with van der Waals surface area (Å²) >= 11 is 0. The van der Waals surface area contributed by atoms with Crippen molar-refractivity contribution in [1.82, 2.24) is 0 Å². The lowest BCUT2D eigenvalue weighted by atomic mass is 10.1. The van der Waals surface area contributed by atoms with E-state index in [0.717, 1.165) is 6.26 Å². The predicted octanol–water partition coefficient (Wildman–Crippen LogP) is 0.00270. The topological polar surface area (TPSA) is 95.7 Å². The van der Waals surface area contributed by atoms with Crippen molar-refractivity contribution in [3.05, 3.63) is 17.7 Å². The Kier molecular flexibility index (Phi) is 3.27. The lowest BCUT2D eigenvalue weighted by molar-refractivity contribution is 0.0995. The number of Topliss-reactive ketones (excluding diaryl/α,β-unsaturated/α-hetero) is 1. The summed E-state index contributed by atoms with van der Waals surface area (Å²) in [6.07, 6.45) is 1.02. The first kappa shape index (κ1) is 12.8. The van der Waals surface area contributed by atoms with Crippen LogP contribution in [0.3, 0.4) is 0 Å². The fourth-order valence-corrected chi connectivity index (χ4v) is 2.87. The van der Waals surface area contributed by atoms with Crippen LogP contribution in [0, 0.1) is 0 Å². The summed E-state index contributed by atoms with van der Waals surface area (Å²) in [6.45, 7) is 0.332. The Labute approximate surface area is 105 Å². The fourth-order valence-electron chi connectivity index (χ4n) is 1.79. The molecule has 0 aliphatic carbocycles. The van der Waals surface area contributed by atoms with Crippen LogP contribution in [0.4, 0.5) is 0 Å². The molecule has 18 heavy (non-hydrogen) atoms. The lowest BCUT2D eigenvalue weighted by Crippen LogP contribution is -2.21. The van der Waals surface area contributed by atoms with Crippen molar-refractivity contribution in [2.75, 3.05) is 26.0 Å². The van der Waals surface area contributed by atoms with Gasteiger partial charge in [0, 0.05) is 11.8 Å². The first-order valence-electron chi connectivity index (χ1n) is 5.31. The summed E-state index contributed by atoms with van der Waals surface area (Å²) in [4.78, 5) is 11.5. The van der Waals surface area contributed by atoms with Crippen molar-refractivity contribution in [3.8, 4) is 11.5 Å². The SMILES string of the molecule is CS(=O)(=O)c1c(C(=O)CN)ccc2c1OCCO2.